The summed E-state index contributed by atoms with van der Waals surface area (Å²) in [5.41, 5.74) is 3.43. The van der Waals surface area contributed by atoms with Crippen LogP contribution in [0.25, 0.3) is 11.0 Å². The summed E-state index contributed by atoms with van der Waals surface area (Å²) < 4.78 is 11.0. The van der Waals surface area contributed by atoms with Crippen molar-refractivity contribution in [3.63, 3.8) is 0 Å². The maximum absolute atomic E-state index is 12.2. The van der Waals surface area contributed by atoms with Gasteiger partial charge in [-0.2, -0.15) is 5.26 Å². The van der Waals surface area contributed by atoms with Crippen LogP contribution in [-0.4, -0.2) is 40.6 Å². The number of hydrogen-bond acceptors (Lipinski definition) is 7. The molecule has 8 nitrogen and oxygen atoms in total. The second kappa shape index (κ2) is 13.7. The number of rotatable bonds is 9. The van der Waals surface area contributed by atoms with Gasteiger partial charge in [-0.3, -0.25) is 9.78 Å². The van der Waals surface area contributed by atoms with E-state index in [1.165, 1.54) is 0 Å². The van der Waals surface area contributed by atoms with Crippen molar-refractivity contribution in [3.05, 3.63) is 96.0 Å². The minimum Gasteiger partial charge on any atom is -0.493 e. The first kappa shape index (κ1) is 26.5. The summed E-state index contributed by atoms with van der Waals surface area (Å²) in [5, 5.41) is 31.1. The number of para-hydroxylation sites is 1. The van der Waals surface area contributed by atoms with Gasteiger partial charge in [0.2, 0.25) is 5.91 Å². The van der Waals surface area contributed by atoms with Crippen LogP contribution in [0.1, 0.15) is 23.2 Å². The van der Waals surface area contributed by atoms with Crippen LogP contribution in [0.2, 0.25) is 0 Å². The number of nitriles is 1. The number of fused-ring (bicyclic) bond motifs is 1. The van der Waals surface area contributed by atoms with Crippen molar-refractivity contribution in [2.45, 2.75) is 32.1 Å². The summed E-state index contributed by atoms with van der Waals surface area (Å²) in [6.45, 7) is 2.17. The molecule has 9 heteroatoms. The zero-order valence-electron chi connectivity index (χ0n) is 20.0. The van der Waals surface area contributed by atoms with E-state index in [9.17, 15) is 14.8 Å². The number of ether oxygens (including phenoxy) is 1. The Kier molecular flexibility index (Phi) is 10.1. The number of amides is 1. The molecule has 0 saturated heterocycles. The molecule has 0 spiro atoms. The van der Waals surface area contributed by atoms with Gasteiger partial charge in [-0.1, -0.05) is 36.4 Å². The number of carbonyl (C=O) groups excluding carboxylic acids is 1. The topological polar surface area (TPSA) is 129 Å². The molecule has 1 amide bonds. The van der Waals surface area contributed by atoms with Crippen LogP contribution in [0, 0.1) is 18.3 Å². The molecular formula is C27H28BN3O5. The first-order valence-electron chi connectivity index (χ1n) is 11.5. The Morgan fingerprint density at radius 1 is 1.17 bits per heavy atom. The standard InChI is InChI=1S/C20H22BNO5.C7H6N2/c1-14-5-4-6-16(11-14)26-10-9-20(23)22-19(21(24)25)12-15-13-27-18-8-3-2-7-17(15)18;8-5-4-7-3-1-2-6-9-7/h2-8,11,13,19,24-25H,9-10,12H2,1H3,(H,22,23);1-3,6H,4H2. The lowest BCUT2D eigenvalue weighted by atomic mass is 9.76. The lowest BCUT2D eigenvalue weighted by Crippen LogP contribution is -2.48. The molecule has 0 aliphatic rings. The quantitative estimate of drug-likeness (QED) is 0.310. The summed E-state index contributed by atoms with van der Waals surface area (Å²) in [7, 11) is -1.68. The average molecular weight is 485 g/mol. The van der Waals surface area contributed by atoms with Crippen LogP contribution >= 0.6 is 0 Å². The van der Waals surface area contributed by atoms with E-state index in [0.717, 1.165) is 27.8 Å². The van der Waals surface area contributed by atoms with Crippen LogP contribution in [0.15, 0.2) is 83.6 Å². The van der Waals surface area contributed by atoms with Crippen molar-refractivity contribution >= 4 is 24.0 Å². The summed E-state index contributed by atoms with van der Waals surface area (Å²) in [4.78, 5) is 16.1. The molecule has 184 valence electrons. The molecule has 0 bridgehead atoms. The highest BCUT2D eigenvalue weighted by Gasteiger charge is 2.26. The Hall–Kier alpha value is -4.13. The predicted octanol–water partition coefficient (Wildman–Crippen LogP) is 3.40. The summed E-state index contributed by atoms with van der Waals surface area (Å²) in [6.07, 6.45) is 4.03. The second-order valence-electron chi connectivity index (χ2n) is 8.12. The SMILES string of the molecule is Cc1cccc(OCCC(=O)NC(Cc2coc3ccccc23)B(O)O)c1.N#CCc1ccccn1. The molecule has 4 rings (SSSR count). The van der Waals surface area contributed by atoms with E-state index < -0.39 is 13.1 Å². The van der Waals surface area contributed by atoms with E-state index in [1.807, 2.05) is 79.7 Å². The Morgan fingerprint density at radius 3 is 2.69 bits per heavy atom. The predicted molar refractivity (Wildman–Crippen MR) is 137 cm³/mol. The smallest absolute Gasteiger partial charge is 0.475 e. The van der Waals surface area contributed by atoms with Gasteiger partial charge >= 0.3 is 7.12 Å². The van der Waals surface area contributed by atoms with Gasteiger partial charge in [-0.15, -0.1) is 0 Å². The maximum Gasteiger partial charge on any atom is 0.475 e. The molecule has 1 unspecified atom stereocenters. The third-order valence-corrected chi connectivity index (χ3v) is 5.28. The van der Waals surface area contributed by atoms with Crippen LogP contribution in [-0.2, 0) is 17.6 Å². The molecule has 0 aliphatic heterocycles. The maximum atomic E-state index is 12.2. The van der Waals surface area contributed by atoms with Crippen molar-refractivity contribution in [2.24, 2.45) is 0 Å². The lowest BCUT2D eigenvalue weighted by Gasteiger charge is -2.17. The number of nitrogens with one attached hydrogen (secondary N) is 1. The molecule has 0 aliphatic carbocycles. The Morgan fingerprint density at radius 2 is 1.97 bits per heavy atom. The molecule has 2 heterocycles. The number of carbonyl (C=O) groups is 1. The first-order valence-corrected chi connectivity index (χ1v) is 11.5. The Labute approximate surface area is 210 Å². The van der Waals surface area contributed by atoms with Gasteiger partial charge in [0.25, 0.3) is 0 Å². The van der Waals surface area contributed by atoms with Gasteiger partial charge in [-0.25, -0.2) is 0 Å². The van der Waals surface area contributed by atoms with Gasteiger partial charge in [0.05, 0.1) is 43.4 Å². The van der Waals surface area contributed by atoms with Crippen molar-refractivity contribution in [3.8, 4) is 11.8 Å². The minimum atomic E-state index is -1.68. The molecule has 2 aromatic carbocycles. The monoisotopic (exact) mass is 485 g/mol. The average Bonchev–Trinajstić information content (AvgIpc) is 3.28. The minimum absolute atomic E-state index is 0.114. The number of hydrogen-bond donors (Lipinski definition) is 3. The number of nitrogens with zero attached hydrogens (tertiary/aromatic N) is 2. The number of aryl methyl sites for hydroxylation is 1. The van der Waals surface area contributed by atoms with Gasteiger partial charge in [0.1, 0.15) is 11.3 Å². The van der Waals surface area contributed by atoms with Crippen LogP contribution < -0.4 is 10.1 Å². The van der Waals surface area contributed by atoms with E-state index in [4.69, 9.17) is 14.4 Å². The van der Waals surface area contributed by atoms with E-state index in [1.54, 1.807) is 12.5 Å². The third kappa shape index (κ3) is 8.27. The number of aromatic nitrogens is 1. The first-order chi connectivity index (χ1) is 17.5. The zero-order chi connectivity index (χ0) is 25.8. The fourth-order valence-electron chi connectivity index (χ4n) is 3.49. The molecule has 0 radical (unpaired) electrons. The summed E-state index contributed by atoms with van der Waals surface area (Å²) in [5.74, 6) is -0.447. The van der Waals surface area contributed by atoms with E-state index in [0.29, 0.717) is 12.2 Å². The molecule has 0 saturated carbocycles. The summed E-state index contributed by atoms with van der Waals surface area (Å²) >= 11 is 0. The van der Waals surface area contributed by atoms with Crippen LogP contribution in [0.5, 0.6) is 5.75 Å². The molecule has 36 heavy (non-hydrogen) atoms. The highest BCUT2D eigenvalue weighted by atomic mass is 16.5. The molecule has 1 atom stereocenters. The fourth-order valence-corrected chi connectivity index (χ4v) is 3.49. The Bertz CT molecular complexity index is 1290. The fraction of sp³-hybridized carbons (Fsp3) is 0.222. The highest BCUT2D eigenvalue weighted by molar-refractivity contribution is 6.43. The highest BCUT2D eigenvalue weighted by Crippen LogP contribution is 2.22. The molecule has 3 N–H and O–H groups in total. The Balaban J connectivity index is 0.000000338. The van der Waals surface area contributed by atoms with Crippen LogP contribution in [0.3, 0.4) is 0 Å². The van der Waals surface area contributed by atoms with Crippen molar-refractivity contribution < 1.29 is 24.0 Å². The van der Waals surface area contributed by atoms with Crippen molar-refractivity contribution in [2.75, 3.05) is 6.61 Å². The second-order valence-corrected chi connectivity index (χ2v) is 8.12. The molecule has 0 fully saturated rings. The van der Waals surface area contributed by atoms with Crippen molar-refractivity contribution in [1.82, 2.24) is 10.3 Å². The normalized spacial score (nSPS) is 11.1. The number of benzene rings is 2. The number of furan rings is 1. The summed E-state index contributed by atoms with van der Waals surface area (Å²) in [6, 6.07) is 22.6. The van der Waals surface area contributed by atoms with Gasteiger partial charge in [0.15, 0.2) is 0 Å². The van der Waals surface area contributed by atoms with Gasteiger partial charge < -0.3 is 24.5 Å². The molecular weight excluding hydrogens is 457 g/mol. The van der Waals surface area contributed by atoms with E-state index >= 15 is 0 Å². The van der Waals surface area contributed by atoms with E-state index in [-0.39, 0.29) is 25.4 Å². The molecule has 4 aromatic rings. The van der Waals surface area contributed by atoms with E-state index in [2.05, 4.69) is 10.3 Å². The molecule has 2 aromatic heterocycles. The van der Waals surface area contributed by atoms with Gasteiger partial charge in [-0.05, 0) is 54.8 Å². The lowest BCUT2D eigenvalue weighted by molar-refractivity contribution is -0.122. The third-order valence-electron chi connectivity index (χ3n) is 5.28. The van der Waals surface area contributed by atoms with Crippen molar-refractivity contribution in [1.29, 1.82) is 5.26 Å². The largest absolute Gasteiger partial charge is 0.493 e. The van der Waals surface area contributed by atoms with Gasteiger partial charge in [0, 0.05) is 11.6 Å². The van der Waals surface area contributed by atoms with Crippen LogP contribution in [0.4, 0.5) is 0 Å². The number of pyridine rings is 1. The zero-order valence-corrected chi connectivity index (χ0v) is 20.0.